The lowest BCUT2D eigenvalue weighted by Crippen LogP contribution is -2.24. The van der Waals surface area contributed by atoms with E-state index in [9.17, 15) is 18.5 Å². The molecule has 0 atom stereocenters. The van der Waals surface area contributed by atoms with Gasteiger partial charge in [-0.05, 0) is 23.3 Å². The molecule has 0 bridgehead atoms. The number of rotatable bonds is 7. The molecular formula is C15H15ClN2O5S. The van der Waals surface area contributed by atoms with Gasteiger partial charge < -0.3 is 4.74 Å². The van der Waals surface area contributed by atoms with Crippen LogP contribution in [0.4, 0.5) is 5.69 Å². The number of hydrogen-bond acceptors (Lipinski definition) is 5. The molecule has 2 aromatic carbocycles. The van der Waals surface area contributed by atoms with Crippen molar-refractivity contribution in [2.24, 2.45) is 0 Å². The summed E-state index contributed by atoms with van der Waals surface area (Å²) in [6.07, 6.45) is 0. The molecule has 0 aliphatic heterocycles. The third kappa shape index (κ3) is 4.51. The Morgan fingerprint density at radius 3 is 2.58 bits per heavy atom. The maximum absolute atomic E-state index is 12.4. The minimum atomic E-state index is -4.06. The standard InChI is InChI=1S/C15H15ClN2O5S/c1-23-10-12-4-2-3-11(7-12)9-17-24(21,22)15-6-5-13(16)8-14(15)18(19)20/h2-8,17H,9-10H2,1H3. The number of hydrogen-bond donors (Lipinski definition) is 1. The zero-order chi connectivity index (χ0) is 17.7. The summed E-state index contributed by atoms with van der Waals surface area (Å²) in [6.45, 7) is 0.406. The van der Waals surface area contributed by atoms with Crippen molar-refractivity contribution in [1.82, 2.24) is 4.72 Å². The van der Waals surface area contributed by atoms with E-state index in [1.165, 1.54) is 6.07 Å². The van der Waals surface area contributed by atoms with Crippen LogP contribution in [0, 0.1) is 10.1 Å². The highest BCUT2D eigenvalue weighted by Crippen LogP contribution is 2.27. The number of nitrogens with one attached hydrogen (secondary N) is 1. The van der Waals surface area contributed by atoms with Crippen LogP contribution in [0.5, 0.6) is 0 Å². The van der Waals surface area contributed by atoms with E-state index >= 15 is 0 Å². The molecule has 0 saturated heterocycles. The first-order chi connectivity index (χ1) is 11.3. The number of methoxy groups -OCH3 is 1. The van der Waals surface area contributed by atoms with Gasteiger partial charge in [0.2, 0.25) is 10.0 Å². The van der Waals surface area contributed by atoms with Crippen molar-refractivity contribution in [2.75, 3.05) is 7.11 Å². The van der Waals surface area contributed by atoms with Crippen LogP contribution in [-0.2, 0) is 27.9 Å². The summed E-state index contributed by atoms with van der Waals surface area (Å²) in [5.74, 6) is 0. The van der Waals surface area contributed by atoms with Crippen molar-refractivity contribution in [1.29, 1.82) is 0 Å². The second kappa shape index (κ2) is 7.71. The van der Waals surface area contributed by atoms with Crippen LogP contribution in [0.25, 0.3) is 0 Å². The highest BCUT2D eigenvalue weighted by molar-refractivity contribution is 7.89. The predicted octanol–water partition coefficient (Wildman–Crippen LogP) is 2.87. The van der Waals surface area contributed by atoms with Crippen LogP contribution in [0.15, 0.2) is 47.4 Å². The Bertz CT molecular complexity index is 855. The Labute approximate surface area is 144 Å². The summed E-state index contributed by atoms with van der Waals surface area (Å²) in [5, 5.41) is 11.1. The SMILES string of the molecule is COCc1cccc(CNS(=O)(=O)c2ccc(Cl)cc2[N+](=O)[O-])c1. The summed E-state index contributed by atoms with van der Waals surface area (Å²) < 4.78 is 32.1. The van der Waals surface area contributed by atoms with Crippen LogP contribution in [0.2, 0.25) is 5.02 Å². The molecule has 1 N–H and O–H groups in total. The van der Waals surface area contributed by atoms with E-state index in [4.69, 9.17) is 16.3 Å². The highest BCUT2D eigenvalue weighted by Gasteiger charge is 2.25. The fourth-order valence-corrected chi connectivity index (χ4v) is 3.45. The van der Waals surface area contributed by atoms with Crippen molar-refractivity contribution in [3.05, 3.63) is 68.7 Å². The molecule has 0 aliphatic carbocycles. The number of nitro groups is 1. The summed E-state index contributed by atoms with van der Waals surface area (Å²) in [7, 11) is -2.49. The Kier molecular flexibility index (Phi) is 5.89. The van der Waals surface area contributed by atoms with E-state index in [1.807, 2.05) is 6.07 Å². The van der Waals surface area contributed by atoms with E-state index in [0.717, 1.165) is 17.7 Å². The summed E-state index contributed by atoms with van der Waals surface area (Å²) in [5.41, 5.74) is 1.04. The molecular weight excluding hydrogens is 356 g/mol. The number of nitrogens with zero attached hydrogens (tertiary/aromatic N) is 1. The Balaban J connectivity index is 2.23. The molecule has 2 aromatic rings. The zero-order valence-electron chi connectivity index (χ0n) is 12.7. The van der Waals surface area contributed by atoms with E-state index < -0.39 is 25.5 Å². The quantitative estimate of drug-likeness (QED) is 0.596. The van der Waals surface area contributed by atoms with Crippen molar-refractivity contribution < 1.29 is 18.1 Å². The molecule has 0 spiro atoms. The van der Waals surface area contributed by atoms with Gasteiger partial charge >= 0.3 is 0 Å². The highest BCUT2D eigenvalue weighted by atomic mass is 35.5. The van der Waals surface area contributed by atoms with E-state index in [0.29, 0.717) is 12.2 Å². The molecule has 9 heteroatoms. The smallest absolute Gasteiger partial charge is 0.290 e. The molecule has 2 rings (SSSR count). The minimum Gasteiger partial charge on any atom is -0.380 e. The van der Waals surface area contributed by atoms with Gasteiger partial charge in [-0.1, -0.05) is 35.9 Å². The summed E-state index contributed by atoms with van der Waals surface area (Å²) in [4.78, 5) is 9.85. The molecule has 0 aromatic heterocycles. The molecule has 0 saturated carbocycles. The van der Waals surface area contributed by atoms with Gasteiger partial charge in [-0.2, -0.15) is 0 Å². The van der Waals surface area contributed by atoms with Crippen LogP contribution >= 0.6 is 11.6 Å². The van der Waals surface area contributed by atoms with Crippen molar-refractivity contribution >= 4 is 27.3 Å². The average Bonchev–Trinajstić information content (AvgIpc) is 2.53. The van der Waals surface area contributed by atoms with E-state index in [-0.39, 0.29) is 11.6 Å². The molecule has 7 nitrogen and oxygen atoms in total. The Morgan fingerprint density at radius 1 is 1.21 bits per heavy atom. The van der Waals surface area contributed by atoms with Crippen LogP contribution < -0.4 is 4.72 Å². The Hall–Kier alpha value is -2.00. The van der Waals surface area contributed by atoms with Crippen LogP contribution in [0.1, 0.15) is 11.1 Å². The number of nitro benzene ring substituents is 1. The van der Waals surface area contributed by atoms with Gasteiger partial charge in [0.25, 0.3) is 5.69 Å². The topological polar surface area (TPSA) is 98.5 Å². The van der Waals surface area contributed by atoms with Crippen molar-refractivity contribution in [3.63, 3.8) is 0 Å². The van der Waals surface area contributed by atoms with Gasteiger partial charge in [0.1, 0.15) is 0 Å². The molecule has 0 unspecified atom stereocenters. The molecule has 0 heterocycles. The number of benzene rings is 2. The van der Waals surface area contributed by atoms with Crippen LogP contribution in [-0.4, -0.2) is 20.5 Å². The first-order valence-electron chi connectivity index (χ1n) is 6.84. The Morgan fingerprint density at radius 2 is 1.92 bits per heavy atom. The zero-order valence-corrected chi connectivity index (χ0v) is 14.3. The second-order valence-electron chi connectivity index (χ2n) is 4.95. The molecule has 0 aliphatic rings. The van der Waals surface area contributed by atoms with Crippen molar-refractivity contribution in [3.8, 4) is 0 Å². The first kappa shape index (κ1) is 18.3. The third-order valence-electron chi connectivity index (χ3n) is 3.18. The van der Waals surface area contributed by atoms with E-state index in [2.05, 4.69) is 4.72 Å². The average molecular weight is 371 g/mol. The maximum Gasteiger partial charge on any atom is 0.290 e. The lowest BCUT2D eigenvalue weighted by atomic mass is 10.1. The normalized spacial score (nSPS) is 11.4. The molecule has 0 radical (unpaired) electrons. The van der Waals surface area contributed by atoms with Gasteiger partial charge in [0.05, 0.1) is 11.5 Å². The van der Waals surface area contributed by atoms with Gasteiger partial charge in [0, 0.05) is 24.7 Å². The minimum absolute atomic E-state index is 0.000329. The van der Waals surface area contributed by atoms with E-state index in [1.54, 1.807) is 25.3 Å². The lowest BCUT2D eigenvalue weighted by Gasteiger charge is -2.09. The van der Waals surface area contributed by atoms with Gasteiger partial charge in [-0.25, -0.2) is 13.1 Å². The second-order valence-corrected chi connectivity index (χ2v) is 7.12. The third-order valence-corrected chi connectivity index (χ3v) is 4.86. The monoisotopic (exact) mass is 370 g/mol. The summed E-state index contributed by atoms with van der Waals surface area (Å²) in [6, 6.07) is 10.6. The fraction of sp³-hybridized carbons (Fsp3) is 0.200. The van der Waals surface area contributed by atoms with Gasteiger partial charge in [-0.3, -0.25) is 10.1 Å². The predicted molar refractivity (Wildman–Crippen MR) is 89.3 cm³/mol. The first-order valence-corrected chi connectivity index (χ1v) is 8.70. The molecule has 0 fully saturated rings. The van der Waals surface area contributed by atoms with Crippen molar-refractivity contribution in [2.45, 2.75) is 18.0 Å². The summed E-state index contributed by atoms with van der Waals surface area (Å²) >= 11 is 5.70. The largest absolute Gasteiger partial charge is 0.380 e. The maximum atomic E-state index is 12.4. The number of ether oxygens (including phenoxy) is 1. The fourth-order valence-electron chi connectivity index (χ4n) is 2.11. The lowest BCUT2D eigenvalue weighted by molar-refractivity contribution is -0.387. The van der Waals surface area contributed by atoms with Gasteiger partial charge in [-0.15, -0.1) is 0 Å². The molecule has 24 heavy (non-hydrogen) atoms. The van der Waals surface area contributed by atoms with Crippen LogP contribution in [0.3, 0.4) is 0 Å². The molecule has 0 amide bonds. The number of halogens is 1. The number of sulfonamides is 1. The van der Waals surface area contributed by atoms with Gasteiger partial charge in [0.15, 0.2) is 4.90 Å². The molecule has 128 valence electrons.